The average Bonchev–Trinajstić information content (AvgIpc) is 2.49. The number of rotatable bonds is 4. The van der Waals surface area contributed by atoms with Crippen LogP contribution in [0.2, 0.25) is 0 Å². The predicted molar refractivity (Wildman–Crippen MR) is 74.7 cm³/mol. The number of hydrogen-bond donors (Lipinski definition) is 2. The zero-order chi connectivity index (χ0) is 14.4. The Hall–Kier alpha value is -3.02. The molecule has 100 valence electrons. The fraction of sp³-hybridized carbons (Fsp3) is 0. The van der Waals surface area contributed by atoms with Crippen molar-refractivity contribution in [3.05, 3.63) is 71.0 Å². The molecule has 2 aromatic rings. The Morgan fingerprint density at radius 2 is 1.90 bits per heavy atom. The van der Waals surface area contributed by atoms with Gasteiger partial charge in [0.15, 0.2) is 5.76 Å². The number of carbonyl (C=O) groups is 1. The smallest absolute Gasteiger partial charge is 0.281 e. The zero-order valence-electron chi connectivity index (χ0n) is 10.4. The maximum atomic E-state index is 11.9. The number of anilines is 1. The second-order valence-corrected chi connectivity index (χ2v) is 3.85. The highest BCUT2D eigenvalue weighted by Gasteiger charge is 2.18. The largest absolute Gasteiger partial charge is 0.505 e. The van der Waals surface area contributed by atoms with Gasteiger partial charge in [-0.3, -0.25) is 9.78 Å². The monoisotopic (exact) mass is 269 g/mol. The van der Waals surface area contributed by atoms with E-state index in [0.717, 1.165) is 0 Å². The SMILES string of the molecule is O=NC(C(=O)Nc1cccnc1)=C(O)c1ccccc1. The number of nitrogens with one attached hydrogen (secondary N) is 1. The molecule has 2 N–H and O–H groups in total. The highest BCUT2D eigenvalue weighted by molar-refractivity contribution is 6.07. The molecule has 0 saturated heterocycles. The molecule has 0 atom stereocenters. The van der Waals surface area contributed by atoms with E-state index in [9.17, 15) is 14.8 Å². The first-order valence-corrected chi connectivity index (χ1v) is 5.76. The minimum absolute atomic E-state index is 0.337. The first kappa shape index (κ1) is 13.4. The van der Waals surface area contributed by atoms with E-state index in [1.54, 1.807) is 48.7 Å². The Bertz CT molecular complexity index is 639. The minimum Gasteiger partial charge on any atom is -0.505 e. The number of benzene rings is 1. The first-order valence-electron chi connectivity index (χ1n) is 5.76. The number of hydrogen-bond acceptors (Lipinski definition) is 5. The Balaban J connectivity index is 2.28. The predicted octanol–water partition coefficient (Wildman–Crippen LogP) is 2.71. The summed E-state index contributed by atoms with van der Waals surface area (Å²) in [5, 5.41) is 15.0. The van der Waals surface area contributed by atoms with Crippen LogP contribution in [0.15, 0.2) is 65.7 Å². The maximum absolute atomic E-state index is 11.9. The summed E-state index contributed by atoms with van der Waals surface area (Å²) < 4.78 is 0. The van der Waals surface area contributed by atoms with Crippen LogP contribution >= 0.6 is 0 Å². The minimum atomic E-state index is -0.797. The van der Waals surface area contributed by atoms with E-state index in [2.05, 4.69) is 15.5 Å². The number of aliphatic hydroxyl groups excluding tert-OH is 1. The fourth-order valence-corrected chi connectivity index (χ4v) is 1.55. The van der Waals surface area contributed by atoms with Crippen LogP contribution in [0, 0.1) is 4.91 Å². The van der Waals surface area contributed by atoms with Crippen molar-refractivity contribution in [3.63, 3.8) is 0 Å². The molecule has 0 aliphatic carbocycles. The van der Waals surface area contributed by atoms with Gasteiger partial charge in [0, 0.05) is 11.8 Å². The molecular weight excluding hydrogens is 258 g/mol. The molecule has 1 heterocycles. The Morgan fingerprint density at radius 1 is 1.15 bits per heavy atom. The number of amides is 1. The van der Waals surface area contributed by atoms with E-state index in [1.165, 1.54) is 6.20 Å². The zero-order valence-corrected chi connectivity index (χ0v) is 10.4. The number of carbonyl (C=O) groups excluding carboxylic acids is 1. The molecule has 0 bridgehead atoms. The van der Waals surface area contributed by atoms with Crippen LogP contribution in [0.1, 0.15) is 5.56 Å². The normalized spacial score (nSPS) is 11.4. The van der Waals surface area contributed by atoms with Crippen LogP contribution in [-0.4, -0.2) is 16.0 Å². The quantitative estimate of drug-likeness (QED) is 0.507. The van der Waals surface area contributed by atoms with Gasteiger partial charge < -0.3 is 10.4 Å². The lowest BCUT2D eigenvalue weighted by molar-refractivity contribution is -0.112. The molecule has 0 saturated carbocycles. The second-order valence-electron chi connectivity index (χ2n) is 3.85. The third-order valence-electron chi connectivity index (χ3n) is 2.50. The molecule has 0 radical (unpaired) electrons. The molecule has 20 heavy (non-hydrogen) atoms. The molecule has 1 aromatic heterocycles. The van der Waals surface area contributed by atoms with Crippen molar-refractivity contribution in [2.45, 2.75) is 0 Å². The molecule has 1 amide bonds. The first-order chi connectivity index (χ1) is 9.72. The van der Waals surface area contributed by atoms with Gasteiger partial charge in [0.2, 0.25) is 5.70 Å². The van der Waals surface area contributed by atoms with Crippen LogP contribution < -0.4 is 5.32 Å². The van der Waals surface area contributed by atoms with Crippen molar-refractivity contribution in [3.8, 4) is 0 Å². The van der Waals surface area contributed by atoms with E-state index in [1.807, 2.05) is 0 Å². The van der Waals surface area contributed by atoms with Crippen molar-refractivity contribution < 1.29 is 9.90 Å². The summed E-state index contributed by atoms with van der Waals surface area (Å²) >= 11 is 0. The lowest BCUT2D eigenvalue weighted by Crippen LogP contribution is -2.14. The van der Waals surface area contributed by atoms with Crippen molar-refractivity contribution in [1.82, 2.24) is 4.98 Å². The molecule has 0 unspecified atom stereocenters. The van der Waals surface area contributed by atoms with Crippen molar-refractivity contribution in [2.75, 3.05) is 5.32 Å². The van der Waals surface area contributed by atoms with Gasteiger partial charge in [0.25, 0.3) is 5.91 Å². The molecular formula is C14H11N3O3. The summed E-state index contributed by atoms with van der Waals surface area (Å²) in [6.07, 6.45) is 2.96. The second kappa shape index (κ2) is 6.24. The lowest BCUT2D eigenvalue weighted by Gasteiger charge is -2.05. The van der Waals surface area contributed by atoms with Gasteiger partial charge >= 0.3 is 0 Å². The maximum Gasteiger partial charge on any atom is 0.281 e. The van der Waals surface area contributed by atoms with Crippen LogP contribution in [0.5, 0.6) is 0 Å². The third-order valence-corrected chi connectivity index (χ3v) is 2.50. The highest BCUT2D eigenvalue weighted by atomic mass is 16.3. The van der Waals surface area contributed by atoms with Gasteiger partial charge in [-0.25, -0.2) is 0 Å². The van der Waals surface area contributed by atoms with E-state index in [4.69, 9.17) is 0 Å². The van der Waals surface area contributed by atoms with E-state index >= 15 is 0 Å². The van der Waals surface area contributed by atoms with Gasteiger partial charge in [-0.1, -0.05) is 30.3 Å². The summed E-state index contributed by atoms with van der Waals surface area (Å²) in [7, 11) is 0. The average molecular weight is 269 g/mol. The van der Waals surface area contributed by atoms with Crippen molar-refractivity contribution in [2.24, 2.45) is 5.18 Å². The number of aromatic nitrogens is 1. The van der Waals surface area contributed by atoms with E-state index < -0.39 is 17.4 Å². The van der Waals surface area contributed by atoms with Gasteiger partial charge in [0.05, 0.1) is 11.9 Å². The van der Waals surface area contributed by atoms with Gasteiger partial charge in [0.1, 0.15) is 0 Å². The number of pyridine rings is 1. The van der Waals surface area contributed by atoms with Crippen molar-refractivity contribution >= 4 is 17.4 Å². The van der Waals surface area contributed by atoms with Crippen LogP contribution in [0.3, 0.4) is 0 Å². The molecule has 6 nitrogen and oxygen atoms in total. The van der Waals surface area contributed by atoms with Crippen LogP contribution in [-0.2, 0) is 4.79 Å². The summed E-state index contributed by atoms with van der Waals surface area (Å²) in [5.74, 6) is -1.27. The van der Waals surface area contributed by atoms with Crippen LogP contribution in [0.4, 0.5) is 5.69 Å². The number of nitrogens with zero attached hydrogens (tertiary/aromatic N) is 2. The molecule has 2 rings (SSSR count). The van der Waals surface area contributed by atoms with E-state index in [-0.39, 0.29) is 0 Å². The Labute approximate surface area is 114 Å². The summed E-state index contributed by atoms with van der Waals surface area (Å²) in [6, 6.07) is 11.5. The highest BCUT2D eigenvalue weighted by Crippen LogP contribution is 2.18. The fourth-order valence-electron chi connectivity index (χ4n) is 1.55. The summed E-state index contributed by atoms with van der Waals surface area (Å²) in [4.78, 5) is 26.5. The third kappa shape index (κ3) is 3.05. The molecule has 0 aliphatic rings. The molecule has 6 heteroatoms. The van der Waals surface area contributed by atoms with Gasteiger partial charge in [-0.15, -0.1) is 4.91 Å². The van der Waals surface area contributed by atoms with Crippen molar-refractivity contribution in [1.29, 1.82) is 0 Å². The summed E-state index contributed by atoms with van der Waals surface area (Å²) in [6.45, 7) is 0. The number of aliphatic hydroxyl groups is 1. The molecule has 1 aromatic carbocycles. The summed E-state index contributed by atoms with van der Waals surface area (Å²) in [5.41, 5.74) is 0.156. The molecule has 0 aliphatic heterocycles. The molecule has 0 fully saturated rings. The van der Waals surface area contributed by atoms with Gasteiger partial charge in [-0.05, 0) is 17.3 Å². The Morgan fingerprint density at radius 3 is 2.50 bits per heavy atom. The standard InChI is InChI=1S/C14H11N3O3/c18-13(10-5-2-1-3-6-10)12(17-20)14(19)16-11-7-4-8-15-9-11/h1-9,18H,(H,16,19). The molecule has 0 spiro atoms. The van der Waals surface area contributed by atoms with Crippen LogP contribution in [0.25, 0.3) is 5.76 Å². The lowest BCUT2D eigenvalue weighted by atomic mass is 10.1. The number of nitroso groups, excluding NO2 is 1. The van der Waals surface area contributed by atoms with E-state index in [0.29, 0.717) is 11.3 Å². The van der Waals surface area contributed by atoms with Gasteiger partial charge in [-0.2, -0.15) is 0 Å². The Kier molecular flexibility index (Phi) is 4.18. The topological polar surface area (TPSA) is 91.7 Å².